The molecule has 2 fully saturated rings. The topological polar surface area (TPSA) is 156 Å². The highest BCUT2D eigenvalue weighted by molar-refractivity contribution is 9.10. The number of aliphatic imine (C=N–C) groups is 2. The fraction of sp³-hybridized carbons (Fsp3) is 0.531. The van der Waals surface area contributed by atoms with Crippen molar-refractivity contribution in [2.45, 2.75) is 56.5 Å². The highest BCUT2D eigenvalue weighted by Crippen LogP contribution is 2.48. The van der Waals surface area contributed by atoms with E-state index >= 15 is 0 Å². The first kappa shape index (κ1) is 37.3. The van der Waals surface area contributed by atoms with Crippen LogP contribution in [0.3, 0.4) is 0 Å². The van der Waals surface area contributed by atoms with Crippen molar-refractivity contribution in [2.24, 2.45) is 27.6 Å². The highest BCUT2D eigenvalue weighted by atomic mass is 79.9. The summed E-state index contributed by atoms with van der Waals surface area (Å²) in [5.41, 5.74) is 9.60. The average molecular weight is 801 g/mol. The summed E-state index contributed by atoms with van der Waals surface area (Å²) in [6, 6.07) is 11.8. The second-order valence-electron chi connectivity index (χ2n) is 11.6. The number of ether oxygens (including phenoxy) is 4. The normalized spacial score (nSPS) is 26.1. The Kier molecular flexibility index (Phi) is 13.7. The standard InChI is InChI=1S/C16H20BrN3O3.C15H15BrN2O2.CH5NO.ClH/c1-20-15(18)19-16(23-20)9-14(10-4-6-21-7-5-10)22-13-3-2-11(17)8-12(13)16;16-11-1-2-14-12(7-11)13(18-9-17)8-15(20-14)10-3-5-19-6-4-10;1-2-3;/h2-3,8,10,14H,4-7,9H2,1H3,(H2,18,19);1-2,7,10,15H,3-6,8H2;2-3H,1H3;1H. The molecule has 12 nitrogen and oxygen atoms in total. The summed E-state index contributed by atoms with van der Waals surface area (Å²) in [7, 11) is 3.21. The minimum absolute atomic E-state index is 0. The third-order valence-corrected chi connectivity index (χ3v) is 9.70. The van der Waals surface area contributed by atoms with E-state index in [0.29, 0.717) is 30.6 Å². The lowest BCUT2D eigenvalue weighted by atomic mass is 9.84. The van der Waals surface area contributed by atoms with Crippen molar-refractivity contribution in [1.82, 2.24) is 10.5 Å². The number of rotatable bonds is 2. The summed E-state index contributed by atoms with van der Waals surface area (Å²) in [5, 5.41) is 17.8. The van der Waals surface area contributed by atoms with Gasteiger partial charge in [0.15, 0.2) is 0 Å². The van der Waals surface area contributed by atoms with Crippen LogP contribution in [-0.2, 0) is 20.0 Å². The van der Waals surface area contributed by atoms with Crippen molar-refractivity contribution in [3.8, 4) is 17.7 Å². The van der Waals surface area contributed by atoms with Crippen LogP contribution in [0.4, 0.5) is 0 Å². The molecule has 3 atom stereocenters. The number of nitriles is 1. The smallest absolute Gasteiger partial charge is 0.221 e. The Labute approximate surface area is 298 Å². The molecule has 0 saturated carbocycles. The molecule has 15 heteroatoms. The van der Waals surface area contributed by atoms with Gasteiger partial charge in [0.2, 0.25) is 17.9 Å². The predicted molar refractivity (Wildman–Crippen MR) is 186 cm³/mol. The first-order valence-corrected chi connectivity index (χ1v) is 17.0. The average Bonchev–Trinajstić information content (AvgIpc) is 3.35. The van der Waals surface area contributed by atoms with Crippen molar-refractivity contribution < 1.29 is 29.0 Å². The van der Waals surface area contributed by atoms with Crippen LogP contribution < -0.4 is 20.7 Å². The summed E-state index contributed by atoms with van der Waals surface area (Å²) in [5.74, 6) is 2.96. The molecule has 256 valence electrons. The van der Waals surface area contributed by atoms with Crippen LogP contribution in [0, 0.1) is 23.3 Å². The van der Waals surface area contributed by atoms with Crippen LogP contribution in [0.5, 0.6) is 11.5 Å². The Bertz CT molecular complexity index is 1470. The van der Waals surface area contributed by atoms with Gasteiger partial charge in [-0.1, -0.05) is 31.9 Å². The van der Waals surface area contributed by atoms with Crippen LogP contribution in [0.1, 0.15) is 49.7 Å². The molecule has 0 aromatic heterocycles. The third kappa shape index (κ3) is 8.96. The molecule has 2 saturated heterocycles. The molecule has 0 radical (unpaired) electrons. The van der Waals surface area contributed by atoms with Crippen molar-refractivity contribution in [2.75, 3.05) is 40.5 Å². The number of hydrogen-bond acceptors (Lipinski definition) is 12. The number of hydrogen-bond donors (Lipinski definition) is 3. The minimum atomic E-state index is -0.792. The maximum absolute atomic E-state index is 8.90. The molecule has 47 heavy (non-hydrogen) atoms. The van der Waals surface area contributed by atoms with E-state index in [9.17, 15) is 0 Å². The first-order chi connectivity index (χ1) is 22.3. The van der Waals surface area contributed by atoms with Gasteiger partial charge in [0.1, 0.15) is 23.7 Å². The zero-order valence-corrected chi connectivity index (χ0v) is 30.4. The van der Waals surface area contributed by atoms with Gasteiger partial charge in [0, 0.05) is 79.7 Å². The molecular weight excluding hydrogens is 760 g/mol. The van der Waals surface area contributed by atoms with Gasteiger partial charge >= 0.3 is 0 Å². The van der Waals surface area contributed by atoms with Crippen LogP contribution in [0.15, 0.2) is 55.3 Å². The zero-order valence-electron chi connectivity index (χ0n) is 26.4. The van der Waals surface area contributed by atoms with Crippen LogP contribution in [0.2, 0.25) is 0 Å². The molecule has 5 aliphatic rings. The van der Waals surface area contributed by atoms with E-state index in [1.54, 1.807) is 12.5 Å². The molecule has 7 rings (SSSR count). The van der Waals surface area contributed by atoms with Crippen LogP contribution in [0.25, 0.3) is 0 Å². The number of nitrogens with zero attached hydrogens (tertiary/aromatic N) is 4. The number of hydroxylamine groups is 3. The van der Waals surface area contributed by atoms with Crippen LogP contribution in [-0.4, -0.2) is 74.7 Å². The van der Waals surface area contributed by atoms with E-state index in [1.807, 2.05) is 42.6 Å². The van der Waals surface area contributed by atoms with E-state index < -0.39 is 5.72 Å². The molecule has 0 amide bonds. The maximum atomic E-state index is 8.90. The summed E-state index contributed by atoms with van der Waals surface area (Å²) in [6.07, 6.45) is 7.44. The minimum Gasteiger partial charge on any atom is -0.489 e. The van der Waals surface area contributed by atoms with Crippen molar-refractivity contribution in [3.63, 3.8) is 0 Å². The van der Waals surface area contributed by atoms with Gasteiger partial charge in [-0.3, -0.25) is 0 Å². The molecule has 1 spiro atoms. The van der Waals surface area contributed by atoms with E-state index in [4.69, 9.17) is 40.0 Å². The third-order valence-electron chi connectivity index (χ3n) is 8.72. The van der Waals surface area contributed by atoms with Gasteiger partial charge in [0.05, 0.1) is 11.3 Å². The van der Waals surface area contributed by atoms with Crippen LogP contribution >= 0.6 is 44.3 Å². The van der Waals surface area contributed by atoms with Gasteiger partial charge in [-0.2, -0.15) is 10.3 Å². The molecule has 5 aliphatic heterocycles. The number of benzene rings is 2. The first-order valence-electron chi connectivity index (χ1n) is 15.4. The van der Waals surface area contributed by atoms with E-state index in [1.165, 1.54) is 12.1 Å². The fourth-order valence-electron chi connectivity index (χ4n) is 6.44. The molecule has 0 aliphatic carbocycles. The zero-order chi connectivity index (χ0) is 32.7. The number of halogens is 3. The quantitative estimate of drug-likeness (QED) is 0.255. The Morgan fingerprint density at radius 1 is 0.979 bits per heavy atom. The summed E-state index contributed by atoms with van der Waals surface area (Å²) >= 11 is 6.97. The predicted octanol–water partition coefficient (Wildman–Crippen LogP) is 5.69. The Hall–Kier alpha value is -2.48. The van der Waals surface area contributed by atoms with Gasteiger partial charge in [-0.15, -0.1) is 12.4 Å². The van der Waals surface area contributed by atoms with Gasteiger partial charge in [0.25, 0.3) is 0 Å². The van der Waals surface area contributed by atoms with Gasteiger partial charge in [-0.05, 0) is 62.1 Å². The van der Waals surface area contributed by atoms with Crippen molar-refractivity contribution in [1.29, 1.82) is 5.26 Å². The lowest BCUT2D eigenvalue weighted by Crippen LogP contribution is -2.43. The second kappa shape index (κ2) is 17.3. The maximum Gasteiger partial charge on any atom is 0.221 e. The summed E-state index contributed by atoms with van der Waals surface area (Å²) in [4.78, 5) is 14.7. The molecule has 0 bridgehead atoms. The number of fused-ring (bicyclic) bond motifs is 3. The van der Waals surface area contributed by atoms with Crippen molar-refractivity contribution >= 4 is 55.9 Å². The number of nitrogens with one attached hydrogen (secondary N) is 1. The SMILES string of the molecule is CN1OC2(CC(C3CCOCC3)Oc3ccc(Br)cc32)N=C1N.CNO.Cl.N#CN=C1CC(C2CCOCC2)Oc2ccc(Br)cc21. The molecule has 3 unspecified atom stereocenters. The molecule has 5 heterocycles. The molecule has 2 aromatic carbocycles. The Morgan fingerprint density at radius 2 is 1.53 bits per heavy atom. The molecule has 2 aromatic rings. The van der Waals surface area contributed by atoms with E-state index in [-0.39, 0.29) is 24.6 Å². The van der Waals surface area contributed by atoms with Crippen molar-refractivity contribution in [3.05, 3.63) is 56.5 Å². The lowest BCUT2D eigenvalue weighted by molar-refractivity contribution is -0.196. The second-order valence-corrected chi connectivity index (χ2v) is 13.5. The largest absolute Gasteiger partial charge is 0.489 e. The Balaban J connectivity index is 0.000000194. The van der Waals surface area contributed by atoms with Gasteiger partial charge in [-0.25, -0.2) is 20.4 Å². The monoisotopic (exact) mass is 798 g/mol. The van der Waals surface area contributed by atoms with E-state index in [2.05, 4.69) is 41.8 Å². The summed E-state index contributed by atoms with van der Waals surface area (Å²) < 4.78 is 25.3. The van der Waals surface area contributed by atoms with E-state index in [0.717, 1.165) is 89.4 Å². The van der Waals surface area contributed by atoms with Gasteiger partial charge < -0.3 is 29.9 Å². The number of guanidine groups is 1. The summed E-state index contributed by atoms with van der Waals surface area (Å²) in [6.45, 7) is 3.17. The fourth-order valence-corrected chi connectivity index (χ4v) is 7.16. The molecular formula is C32H41Br2ClN6O6. The number of nitrogens with two attached hydrogens (primary N) is 1. The molecule has 4 N–H and O–H groups in total. The lowest BCUT2D eigenvalue weighted by Gasteiger charge is -2.40. The Morgan fingerprint density at radius 3 is 2.11 bits per heavy atom. The highest BCUT2D eigenvalue weighted by Gasteiger charge is 2.50.